The van der Waals surface area contributed by atoms with Gasteiger partial charge in [0.05, 0.1) is 38.6 Å². The number of benzene rings is 2. The van der Waals surface area contributed by atoms with E-state index in [1.807, 2.05) is 36.4 Å². The second kappa shape index (κ2) is 7.26. The first kappa shape index (κ1) is 16.7. The zero-order valence-electron chi connectivity index (χ0n) is 14.2. The summed E-state index contributed by atoms with van der Waals surface area (Å²) in [5.74, 6) is 0.0647. The van der Waals surface area contributed by atoms with Gasteiger partial charge in [0.1, 0.15) is 5.60 Å². The summed E-state index contributed by atoms with van der Waals surface area (Å²) in [4.78, 5) is 0. The molecule has 2 aliphatic rings. The van der Waals surface area contributed by atoms with Gasteiger partial charge in [-0.1, -0.05) is 60.7 Å². The smallest absolute Gasteiger partial charge is 0.125 e. The molecule has 0 unspecified atom stereocenters. The van der Waals surface area contributed by atoms with Crippen LogP contribution < -0.4 is 0 Å². The van der Waals surface area contributed by atoms with Crippen molar-refractivity contribution in [2.45, 2.75) is 37.4 Å². The molecule has 2 fully saturated rings. The Morgan fingerprint density at radius 3 is 2.24 bits per heavy atom. The molecular weight excluding hydrogens is 316 g/mol. The molecule has 1 heterocycles. The topological polar surface area (TPSA) is 51.2 Å². The van der Waals surface area contributed by atoms with Crippen LogP contribution in [0.5, 0.6) is 0 Å². The highest BCUT2D eigenvalue weighted by molar-refractivity contribution is 5.18. The molecule has 2 aromatic carbocycles. The highest BCUT2D eigenvalue weighted by Crippen LogP contribution is 2.54. The maximum atomic E-state index is 9.82. The van der Waals surface area contributed by atoms with E-state index < -0.39 is 5.60 Å². The fraction of sp³-hybridized carbons (Fsp3) is 0.429. The van der Waals surface area contributed by atoms with Crippen molar-refractivity contribution in [3.63, 3.8) is 0 Å². The van der Waals surface area contributed by atoms with E-state index in [4.69, 9.17) is 14.2 Å². The minimum Gasteiger partial charge on any atom is -0.393 e. The second-order valence-corrected chi connectivity index (χ2v) is 6.90. The fourth-order valence-corrected chi connectivity index (χ4v) is 3.84. The maximum absolute atomic E-state index is 9.82. The van der Waals surface area contributed by atoms with Gasteiger partial charge in [0.25, 0.3) is 0 Å². The third-order valence-electron chi connectivity index (χ3n) is 5.34. The Morgan fingerprint density at radius 2 is 1.60 bits per heavy atom. The van der Waals surface area contributed by atoms with Crippen molar-refractivity contribution in [1.82, 2.24) is 0 Å². The molecule has 0 amide bonds. The quantitative estimate of drug-likeness (QED) is 0.751. The Bertz CT molecular complexity index is 671. The van der Waals surface area contributed by atoms with Crippen molar-refractivity contribution in [3.8, 4) is 0 Å². The van der Waals surface area contributed by atoms with Crippen LogP contribution in [0.2, 0.25) is 0 Å². The van der Waals surface area contributed by atoms with Crippen LogP contribution in [0.3, 0.4) is 0 Å². The molecule has 4 atom stereocenters. The number of hydrogen-bond donors (Lipinski definition) is 1. The van der Waals surface area contributed by atoms with Crippen molar-refractivity contribution in [2.24, 2.45) is 5.92 Å². The van der Waals surface area contributed by atoms with E-state index >= 15 is 0 Å². The monoisotopic (exact) mass is 340 g/mol. The molecule has 2 aromatic rings. The van der Waals surface area contributed by atoms with E-state index in [1.54, 1.807) is 0 Å². The minimum absolute atomic E-state index is 0.0300. The van der Waals surface area contributed by atoms with Crippen molar-refractivity contribution >= 4 is 0 Å². The predicted molar refractivity (Wildman–Crippen MR) is 93.9 cm³/mol. The second-order valence-electron chi connectivity index (χ2n) is 6.90. The highest BCUT2D eigenvalue weighted by Gasteiger charge is 2.69. The van der Waals surface area contributed by atoms with Crippen LogP contribution in [0, 0.1) is 5.92 Å². The molecular formula is C21H24O4. The third-order valence-corrected chi connectivity index (χ3v) is 5.34. The fourth-order valence-electron chi connectivity index (χ4n) is 3.84. The summed E-state index contributed by atoms with van der Waals surface area (Å²) in [6.07, 6.45) is 0.984. The van der Waals surface area contributed by atoms with Gasteiger partial charge in [-0.15, -0.1) is 0 Å². The molecule has 1 N–H and O–H groups in total. The summed E-state index contributed by atoms with van der Waals surface area (Å²) in [6, 6.07) is 20.3. The third kappa shape index (κ3) is 3.48. The average Bonchev–Trinajstić information content (AvgIpc) is 3.30. The molecule has 1 aliphatic carbocycles. The molecule has 4 heteroatoms. The number of rotatable bonds is 8. The maximum Gasteiger partial charge on any atom is 0.125 e. The molecule has 0 spiro atoms. The number of ether oxygens (including phenoxy) is 3. The predicted octanol–water partition coefficient (Wildman–Crippen LogP) is 2.94. The summed E-state index contributed by atoms with van der Waals surface area (Å²) < 4.78 is 17.9. The molecule has 1 aliphatic heterocycles. The first-order chi connectivity index (χ1) is 12.3. The zero-order chi connectivity index (χ0) is 17.1. The van der Waals surface area contributed by atoms with E-state index in [2.05, 4.69) is 24.3 Å². The van der Waals surface area contributed by atoms with E-state index in [9.17, 15) is 5.11 Å². The first-order valence-corrected chi connectivity index (χ1v) is 8.88. The molecule has 4 rings (SSSR count). The van der Waals surface area contributed by atoms with Crippen LogP contribution in [-0.4, -0.2) is 36.1 Å². The molecule has 0 bridgehead atoms. The van der Waals surface area contributed by atoms with Crippen molar-refractivity contribution in [1.29, 1.82) is 0 Å². The Hall–Kier alpha value is -1.72. The summed E-state index contributed by atoms with van der Waals surface area (Å²) in [5, 5.41) is 9.82. The Kier molecular flexibility index (Phi) is 4.86. The Morgan fingerprint density at radius 1 is 0.960 bits per heavy atom. The van der Waals surface area contributed by atoms with Crippen LogP contribution >= 0.6 is 0 Å². The number of aliphatic hydroxyl groups is 1. The van der Waals surface area contributed by atoms with Crippen LogP contribution in [0.25, 0.3) is 0 Å². The molecule has 4 nitrogen and oxygen atoms in total. The summed E-state index contributed by atoms with van der Waals surface area (Å²) >= 11 is 0. The number of aliphatic hydroxyl groups excluding tert-OH is 1. The molecule has 0 radical (unpaired) electrons. The summed E-state index contributed by atoms with van der Waals surface area (Å²) in [5.41, 5.74) is 1.84. The number of epoxide rings is 1. The van der Waals surface area contributed by atoms with Gasteiger partial charge in [0.2, 0.25) is 0 Å². The number of fused-ring (bicyclic) bond motifs is 1. The van der Waals surface area contributed by atoms with E-state index in [0.29, 0.717) is 19.8 Å². The van der Waals surface area contributed by atoms with Crippen LogP contribution in [-0.2, 0) is 27.4 Å². The minimum atomic E-state index is -0.460. The Labute approximate surface area is 148 Å². The van der Waals surface area contributed by atoms with Gasteiger partial charge in [0.15, 0.2) is 0 Å². The molecule has 25 heavy (non-hydrogen) atoms. The molecule has 132 valence electrons. The van der Waals surface area contributed by atoms with Crippen LogP contribution in [0.15, 0.2) is 60.7 Å². The largest absolute Gasteiger partial charge is 0.393 e. The van der Waals surface area contributed by atoms with Crippen molar-refractivity contribution in [2.75, 3.05) is 13.2 Å². The first-order valence-electron chi connectivity index (χ1n) is 8.88. The lowest BCUT2D eigenvalue weighted by atomic mass is 9.94. The van der Waals surface area contributed by atoms with Crippen molar-refractivity contribution in [3.05, 3.63) is 71.8 Å². The Balaban J connectivity index is 1.35. The molecule has 0 aromatic heterocycles. The van der Waals surface area contributed by atoms with Gasteiger partial charge in [-0.3, -0.25) is 0 Å². The zero-order valence-corrected chi connectivity index (χ0v) is 14.2. The average molecular weight is 340 g/mol. The normalized spacial score (nSPS) is 30.2. The summed E-state index contributed by atoms with van der Waals surface area (Å²) in [6.45, 7) is 1.71. The standard InChI is InChI=1S/C21H24O4/c22-15-21-18(14-23-12-16-7-3-1-4-8-16)19(11-20(21)25-21)24-13-17-9-5-2-6-10-17/h1-10,18-20,22H,11-15H2/t18-,19+,20-,21+/m1/s1. The van der Waals surface area contributed by atoms with E-state index in [1.165, 1.54) is 0 Å². The van der Waals surface area contributed by atoms with Gasteiger partial charge in [0, 0.05) is 12.3 Å². The summed E-state index contributed by atoms with van der Waals surface area (Å²) in [7, 11) is 0. The number of hydrogen-bond acceptors (Lipinski definition) is 4. The lowest BCUT2D eigenvalue weighted by molar-refractivity contribution is -0.0695. The SMILES string of the molecule is OC[C@@]12O[C@@H]1C[C@H](OCc1ccccc1)[C@H]2COCc1ccccc1. The molecule has 1 saturated heterocycles. The van der Waals surface area contributed by atoms with Crippen LogP contribution in [0.1, 0.15) is 17.5 Å². The molecule has 1 saturated carbocycles. The van der Waals surface area contributed by atoms with E-state index in [0.717, 1.165) is 17.5 Å². The highest BCUT2D eigenvalue weighted by atomic mass is 16.6. The van der Waals surface area contributed by atoms with Crippen molar-refractivity contribution < 1.29 is 19.3 Å². The van der Waals surface area contributed by atoms with Gasteiger partial charge in [-0.05, 0) is 11.1 Å². The van der Waals surface area contributed by atoms with Gasteiger partial charge in [-0.2, -0.15) is 0 Å². The van der Waals surface area contributed by atoms with E-state index in [-0.39, 0.29) is 24.7 Å². The van der Waals surface area contributed by atoms with Crippen LogP contribution in [0.4, 0.5) is 0 Å². The van der Waals surface area contributed by atoms with Gasteiger partial charge < -0.3 is 19.3 Å². The lowest BCUT2D eigenvalue weighted by Gasteiger charge is -2.26. The van der Waals surface area contributed by atoms with Gasteiger partial charge >= 0.3 is 0 Å². The lowest BCUT2D eigenvalue weighted by Crippen LogP contribution is -2.37. The van der Waals surface area contributed by atoms with Gasteiger partial charge in [-0.25, -0.2) is 0 Å².